The van der Waals surface area contributed by atoms with Crippen molar-refractivity contribution < 1.29 is 37.6 Å². The number of nitrogens with zero attached hydrogens (tertiary/aromatic N) is 2. The maximum absolute atomic E-state index is 13.5. The highest BCUT2D eigenvalue weighted by Crippen LogP contribution is 2.46. The van der Waals surface area contributed by atoms with Crippen molar-refractivity contribution in [3.8, 4) is 0 Å². The minimum absolute atomic E-state index is 0.202. The molecule has 45 heavy (non-hydrogen) atoms. The minimum Gasteiger partial charge on any atom is -0.462 e. The van der Waals surface area contributed by atoms with Crippen molar-refractivity contribution in [1.82, 2.24) is 9.80 Å². The molecule has 0 spiro atoms. The van der Waals surface area contributed by atoms with Crippen LogP contribution in [0.4, 0.5) is 0 Å². The summed E-state index contributed by atoms with van der Waals surface area (Å²) in [4.78, 5) is 42.4. The Bertz CT molecular complexity index is 1230. The van der Waals surface area contributed by atoms with E-state index in [1.165, 1.54) is 0 Å². The molecule has 0 aliphatic carbocycles. The Labute approximate surface area is 265 Å². The molecule has 0 saturated carbocycles. The molecule has 1 N–H and O–H groups in total. The molecule has 0 aromatic heterocycles. The first-order valence-electron chi connectivity index (χ1n) is 16.2. The number of fused-ring (bicyclic) bond motifs is 4. The first-order chi connectivity index (χ1) is 21.7. The Morgan fingerprint density at radius 1 is 0.689 bits per heavy atom. The lowest BCUT2D eigenvalue weighted by Gasteiger charge is -2.36. The molecular weight excluding hydrogens is 595 g/mol. The average molecular weight is 641 g/mol. The summed E-state index contributed by atoms with van der Waals surface area (Å²) in [6.07, 6.45) is 7.10. The predicted molar refractivity (Wildman–Crippen MR) is 167 cm³/mol. The summed E-state index contributed by atoms with van der Waals surface area (Å²) in [5, 5.41) is 0. The van der Waals surface area contributed by atoms with Crippen molar-refractivity contribution in [3.05, 3.63) is 71.8 Å². The Morgan fingerprint density at radius 3 is 1.36 bits per heavy atom. The number of piperidine rings is 2. The topological polar surface area (TPSA) is 115 Å². The van der Waals surface area contributed by atoms with Crippen LogP contribution in [-0.2, 0) is 32.7 Å². The molecule has 4 unspecified atom stereocenters. The Kier molecular flexibility index (Phi) is 10.1. The van der Waals surface area contributed by atoms with Crippen molar-refractivity contribution in [1.29, 1.82) is 0 Å². The summed E-state index contributed by atoms with van der Waals surface area (Å²) in [6.45, 7) is -0.816. The number of hydrogen-bond acceptors (Lipinski definition) is 9. The van der Waals surface area contributed by atoms with Gasteiger partial charge in [-0.05, 0) is 76.6 Å². The minimum atomic E-state index is -4.67. The van der Waals surface area contributed by atoms with Gasteiger partial charge in [-0.1, -0.05) is 60.7 Å². The smallest absolute Gasteiger partial charge is 0.462 e. The van der Waals surface area contributed by atoms with E-state index in [-0.39, 0.29) is 12.2 Å². The summed E-state index contributed by atoms with van der Waals surface area (Å²) in [7, 11) is -0.421. The molecule has 4 aliphatic heterocycles. The highest BCUT2D eigenvalue weighted by Gasteiger charge is 2.42. The fourth-order valence-electron chi connectivity index (χ4n) is 7.75. The maximum atomic E-state index is 13.5. The zero-order chi connectivity index (χ0) is 31.6. The number of benzene rings is 2. The molecule has 6 rings (SSSR count). The van der Waals surface area contributed by atoms with Gasteiger partial charge in [-0.2, -0.15) is 0 Å². The number of ether oxygens (including phenoxy) is 2. The van der Waals surface area contributed by atoms with Gasteiger partial charge in [0.1, 0.15) is 24.0 Å². The van der Waals surface area contributed by atoms with Gasteiger partial charge in [0.2, 0.25) is 0 Å². The van der Waals surface area contributed by atoms with Gasteiger partial charge >= 0.3 is 19.8 Å². The van der Waals surface area contributed by atoms with Gasteiger partial charge in [-0.3, -0.25) is 18.6 Å². The highest BCUT2D eigenvalue weighted by atomic mass is 31.2. The van der Waals surface area contributed by atoms with Gasteiger partial charge in [-0.25, -0.2) is 4.57 Å². The molecule has 8 atom stereocenters. The van der Waals surface area contributed by atoms with E-state index in [1.807, 2.05) is 12.1 Å². The number of rotatable bonds is 12. The van der Waals surface area contributed by atoms with E-state index in [1.54, 1.807) is 48.5 Å². The second kappa shape index (κ2) is 14.0. The van der Waals surface area contributed by atoms with Crippen molar-refractivity contribution in [3.63, 3.8) is 0 Å². The van der Waals surface area contributed by atoms with E-state index in [9.17, 15) is 19.0 Å². The van der Waals surface area contributed by atoms with Crippen LogP contribution < -0.4 is 0 Å². The fraction of sp³-hybridized carbons (Fsp3) is 0.588. The second-order valence-electron chi connectivity index (χ2n) is 13.1. The lowest BCUT2D eigenvalue weighted by Crippen LogP contribution is -2.44. The van der Waals surface area contributed by atoms with Crippen molar-refractivity contribution >= 4 is 19.8 Å². The summed E-state index contributed by atoms with van der Waals surface area (Å²) in [5.41, 5.74) is 1.24. The molecule has 10 nitrogen and oxygen atoms in total. The lowest BCUT2D eigenvalue weighted by molar-refractivity contribution is -0.155. The maximum Gasteiger partial charge on any atom is 0.472 e. The van der Waals surface area contributed by atoms with Gasteiger partial charge in [0.25, 0.3) is 0 Å². The normalized spacial score (nSPS) is 30.7. The third-order valence-corrected chi connectivity index (χ3v) is 11.4. The Hall–Kier alpha value is -2.59. The zero-order valence-electron chi connectivity index (χ0n) is 26.1. The lowest BCUT2D eigenvalue weighted by atomic mass is 9.98. The van der Waals surface area contributed by atoms with E-state index < -0.39 is 44.8 Å². The summed E-state index contributed by atoms with van der Waals surface area (Å²) < 4.78 is 35.9. The number of esters is 2. The number of carbonyl (C=O) groups excluding carboxylic acids is 2. The van der Waals surface area contributed by atoms with Crippen LogP contribution in [0.15, 0.2) is 60.7 Å². The van der Waals surface area contributed by atoms with Gasteiger partial charge < -0.3 is 24.2 Å². The van der Waals surface area contributed by atoms with Gasteiger partial charge in [0, 0.05) is 24.2 Å². The monoisotopic (exact) mass is 640 g/mol. The van der Waals surface area contributed by atoms with E-state index in [4.69, 9.17) is 18.5 Å². The Morgan fingerprint density at radius 2 is 1.02 bits per heavy atom. The largest absolute Gasteiger partial charge is 0.472 e. The summed E-state index contributed by atoms with van der Waals surface area (Å²) >= 11 is 0. The number of phosphoric acid groups is 1. The van der Waals surface area contributed by atoms with Crippen LogP contribution in [0.3, 0.4) is 0 Å². The van der Waals surface area contributed by atoms with Crippen LogP contribution in [0, 0.1) is 0 Å². The fourth-order valence-corrected chi connectivity index (χ4v) is 8.50. The number of carbonyl (C=O) groups is 2. The predicted octanol–water partition coefficient (Wildman–Crippen LogP) is 5.02. The molecule has 244 valence electrons. The first kappa shape index (κ1) is 32.4. The van der Waals surface area contributed by atoms with Gasteiger partial charge in [0.15, 0.2) is 0 Å². The summed E-state index contributed by atoms with van der Waals surface area (Å²) in [6, 6.07) is 19.5. The van der Waals surface area contributed by atoms with Crippen LogP contribution in [0.2, 0.25) is 0 Å². The third kappa shape index (κ3) is 7.70. The van der Waals surface area contributed by atoms with Crippen molar-refractivity contribution in [2.45, 2.75) is 99.6 Å². The molecule has 4 bridgehead atoms. The SMILES string of the molecule is CN1[C@@H]2CC[C@H]1CC(OC(=O)C(COP(=O)(O)OCC(C(=O)OC1C[C@H]3CC[C@@H](C1)N3C)c1ccccc1)c1ccccc1)C2. The van der Waals surface area contributed by atoms with Crippen LogP contribution >= 0.6 is 7.82 Å². The van der Waals surface area contributed by atoms with E-state index in [0.29, 0.717) is 35.3 Å². The molecule has 4 saturated heterocycles. The summed E-state index contributed by atoms with van der Waals surface area (Å²) in [5.74, 6) is -2.81. The quantitative estimate of drug-likeness (QED) is 0.250. The van der Waals surface area contributed by atoms with Crippen LogP contribution in [0.25, 0.3) is 0 Å². The zero-order valence-corrected chi connectivity index (χ0v) is 27.0. The molecule has 0 radical (unpaired) electrons. The molecule has 4 aliphatic rings. The second-order valence-corrected chi connectivity index (χ2v) is 14.6. The van der Waals surface area contributed by atoms with Gasteiger partial charge in [-0.15, -0.1) is 0 Å². The highest BCUT2D eigenvalue weighted by molar-refractivity contribution is 7.47. The molecule has 4 heterocycles. The van der Waals surface area contributed by atoms with E-state index in [0.717, 1.165) is 51.4 Å². The van der Waals surface area contributed by atoms with Crippen molar-refractivity contribution in [2.24, 2.45) is 0 Å². The van der Waals surface area contributed by atoms with Crippen molar-refractivity contribution in [2.75, 3.05) is 27.3 Å². The number of hydrogen-bond donors (Lipinski definition) is 1. The van der Waals surface area contributed by atoms with Crippen LogP contribution in [-0.4, -0.2) is 90.3 Å². The first-order valence-corrected chi connectivity index (χ1v) is 17.7. The van der Waals surface area contributed by atoms with Crippen LogP contribution in [0.5, 0.6) is 0 Å². The molecule has 2 aromatic rings. The standard InChI is InChI=1S/C34H45N2O8P/c1-35-25-13-14-26(35)18-29(17-25)43-33(37)31(23-9-5-3-6-10-23)21-41-45(39,40)42-22-32(24-11-7-4-8-12-24)34(38)44-30-19-27-15-16-28(20-30)36(27)2/h3-12,25-32H,13-22H2,1-2H3,(H,39,40)/t25-,26+,27-,28+,29?,30?,31?,32?. The van der Waals surface area contributed by atoms with Gasteiger partial charge in [0.05, 0.1) is 13.2 Å². The molecule has 4 fully saturated rings. The molecule has 2 aromatic carbocycles. The molecular formula is C34H45N2O8P. The molecule has 0 amide bonds. The number of phosphoric ester groups is 1. The third-order valence-electron chi connectivity index (χ3n) is 10.5. The average Bonchev–Trinajstić information content (AvgIpc) is 3.34. The van der Waals surface area contributed by atoms with Crippen LogP contribution in [0.1, 0.15) is 74.3 Å². The van der Waals surface area contributed by atoms with E-state index in [2.05, 4.69) is 23.9 Å². The Balaban J connectivity index is 1.08. The van der Waals surface area contributed by atoms with E-state index >= 15 is 0 Å². The molecule has 11 heteroatoms.